The number of carbonyl (C=O) groups excluding carboxylic acids is 1. The summed E-state index contributed by atoms with van der Waals surface area (Å²) in [7, 11) is 0. The molecular formula is C22H19N5O3. The first-order valence-corrected chi connectivity index (χ1v) is 9.35. The molecule has 8 nitrogen and oxygen atoms in total. The first-order valence-electron chi connectivity index (χ1n) is 9.35. The number of ether oxygens (including phenoxy) is 2. The van der Waals surface area contributed by atoms with Crippen LogP contribution in [0.15, 0.2) is 79.5 Å². The van der Waals surface area contributed by atoms with E-state index >= 15 is 0 Å². The molecule has 0 saturated heterocycles. The standard InChI is InChI=1S/C22H19N5O3/c1-2-29-17-9-11-19(12-10-17)30-18-7-5-16(6-8-18)26-22(28)20-4-3-13-24-21(20)27-15-23-14-25-27/h3-15H,2H2,1H3,(H,26,28). The predicted octanol–water partition coefficient (Wildman–Crippen LogP) is 4.11. The molecule has 0 aliphatic heterocycles. The van der Waals surface area contributed by atoms with Gasteiger partial charge < -0.3 is 14.8 Å². The zero-order chi connectivity index (χ0) is 20.8. The van der Waals surface area contributed by atoms with Crippen molar-refractivity contribution in [1.29, 1.82) is 0 Å². The molecule has 0 aliphatic rings. The van der Waals surface area contributed by atoms with E-state index in [-0.39, 0.29) is 5.91 Å². The second-order valence-electron chi connectivity index (χ2n) is 6.20. The Morgan fingerprint density at radius 3 is 2.37 bits per heavy atom. The zero-order valence-corrected chi connectivity index (χ0v) is 16.2. The first-order chi connectivity index (χ1) is 14.7. The number of carbonyl (C=O) groups is 1. The van der Waals surface area contributed by atoms with Gasteiger partial charge in [-0.1, -0.05) is 0 Å². The van der Waals surface area contributed by atoms with Crippen LogP contribution in [0.5, 0.6) is 17.2 Å². The Morgan fingerprint density at radius 1 is 1.00 bits per heavy atom. The maximum absolute atomic E-state index is 12.7. The van der Waals surface area contributed by atoms with Gasteiger partial charge in [-0.05, 0) is 67.6 Å². The SMILES string of the molecule is CCOc1ccc(Oc2ccc(NC(=O)c3cccnc3-n3cncn3)cc2)cc1. The first kappa shape index (κ1) is 19.1. The van der Waals surface area contributed by atoms with Gasteiger partial charge in [0.15, 0.2) is 5.82 Å². The number of amides is 1. The Bertz CT molecular complexity index is 1110. The Labute approximate surface area is 173 Å². The van der Waals surface area contributed by atoms with E-state index in [1.807, 2.05) is 31.2 Å². The van der Waals surface area contributed by atoms with Crippen LogP contribution in [-0.2, 0) is 0 Å². The number of hydrogen-bond acceptors (Lipinski definition) is 6. The van der Waals surface area contributed by atoms with E-state index in [4.69, 9.17) is 9.47 Å². The van der Waals surface area contributed by atoms with Crippen LogP contribution in [0.2, 0.25) is 0 Å². The molecule has 0 aliphatic carbocycles. The minimum atomic E-state index is -0.297. The van der Waals surface area contributed by atoms with E-state index in [0.29, 0.717) is 35.2 Å². The lowest BCUT2D eigenvalue weighted by atomic mass is 10.2. The van der Waals surface area contributed by atoms with Crippen LogP contribution in [0.3, 0.4) is 0 Å². The summed E-state index contributed by atoms with van der Waals surface area (Å²) >= 11 is 0. The van der Waals surface area contributed by atoms with Crippen LogP contribution in [0.25, 0.3) is 5.82 Å². The summed E-state index contributed by atoms with van der Waals surface area (Å²) < 4.78 is 12.7. The molecule has 0 spiro atoms. The van der Waals surface area contributed by atoms with Crippen molar-refractivity contribution < 1.29 is 14.3 Å². The Hall–Kier alpha value is -4.20. The summed E-state index contributed by atoms with van der Waals surface area (Å²) in [6.07, 6.45) is 4.48. The van der Waals surface area contributed by atoms with E-state index in [9.17, 15) is 4.79 Å². The minimum Gasteiger partial charge on any atom is -0.494 e. The fourth-order valence-corrected chi connectivity index (χ4v) is 2.79. The average molecular weight is 401 g/mol. The molecule has 0 fully saturated rings. The summed E-state index contributed by atoms with van der Waals surface area (Å²) in [5.74, 6) is 2.25. The third-order valence-electron chi connectivity index (χ3n) is 4.15. The number of nitrogens with zero attached hydrogens (tertiary/aromatic N) is 4. The van der Waals surface area contributed by atoms with E-state index in [1.54, 1.807) is 42.6 Å². The molecule has 0 radical (unpaired) electrons. The van der Waals surface area contributed by atoms with Crippen molar-refractivity contribution in [3.63, 3.8) is 0 Å². The number of hydrogen-bond donors (Lipinski definition) is 1. The van der Waals surface area contributed by atoms with Gasteiger partial charge in [-0.2, -0.15) is 5.10 Å². The van der Waals surface area contributed by atoms with Gasteiger partial charge >= 0.3 is 0 Å². The van der Waals surface area contributed by atoms with Gasteiger partial charge in [-0.3, -0.25) is 4.79 Å². The van der Waals surface area contributed by atoms with Crippen molar-refractivity contribution >= 4 is 11.6 Å². The molecule has 150 valence electrons. The van der Waals surface area contributed by atoms with Crippen molar-refractivity contribution in [2.45, 2.75) is 6.92 Å². The number of pyridine rings is 1. The van der Waals surface area contributed by atoms with E-state index in [1.165, 1.54) is 17.3 Å². The van der Waals surface area contributed by atoms with Crippen molar-refractivity contribution in [3.8, 4) is 23.1 Å². The number of rotatable bonds is 7. The van der Waals surface area contributed by atoms with Gasteiger partial charge in [0, 0.05) is 11.9 Å². The molecule has 1 N–H and O–H groups in total. The minimum absolute atomic E-state index is 0.297. The van der Waals surface area contributed by atoms with Gasteiger partial charge in [0.25, 0.3) is 5.91 Å². The highest BCUT2D eigenvalue weighted by molar-refractivity contribution is 6.06. The van der Waals surface area contributed by atoms with Crippen molar-refractivity contribution in [2.75, 3.05) is 11.9 Å². The molecule has 4 rings (SSSR count). The number of nitrogens with one attached hydrogen (secondary N) is 1. The van der Waals surface area contributed by atoms with Crippen LogP contribution in [0.4, 0.5) is 5.69 Å². The number of aromatic nitrogens is 4. The van der Waals surface area contributed by atoms with Crippen molar-refractivity contribution in [3.05, 3.63) is 85.1 Å². The second kappa shape index (κ2) is 8.87. The van der Waals surface area contributed by atoms with Gasteiger partial charge in [0.1, 0.15) is 29.9 Å². The van der Waals surface area contributed by atoms with Gasteiger partial charge in [-0.25, -0.2) is 14.6 Å². The summed E-state index contributed by atoms with van der Waals surface area (Å²) in [4.78, 5) is 20.9. The number of benzene rings is 2. The van der Waals surface area contributed by atoms with Gasteiger partial charge in [0.2, 0.25) is 0 Å². The Morgan fingerprint density at radius 2 is 1.70 bits per heavy atom. The molecule has 0 saturated carbocycles. The van der Waals surface area contributed by atoms with E-state index in [0.717, 1.165) is 5.75 Å². The quantitative estimate of drug-likeness (QED) is 0.501. The van der Waals surface area contributed by atoms with E-state index in [2.05, 4.69) is 20.4 Å². The highest BCUT2D eigenvalue weighted by Gasteiger charge is 2.14. The molecule has 2 heterocycles. The molecule has 0 bridgehead atoms. The highest BCUT2D eigenvalue weighted by Crippen LogP contribution is 2.25. The molecule has 2 aromatic heterocycles. The summed E-state index contributed by atoms with van der Waals surface area (Å²) in [5.41, 5.74) is 1.02. The largest absolute Gasteiger partial charge is 0.494 e. The predicted molar refractivity (Wildman–Crippen MR) is 111 cm³/mol. The fourth-order valence-electron chi connectivity index (χ4n) is 2.79. The van der Waals surface area contributed by atoms with Crippen LogP contribution >= 0.6 is 0 Å². The third kappa shape index (κ3) is 4.44. The lowest BCUT2D eigenvalue weighted by Gasteiger charge is -2.10. The third-order valence-corrected chi connectivity index (χ3v) is 4.15. The van der Waals surface area contributed by atoms with Crippen molar-refractivity contribution in [2.24, 2.45) is 0 Å². The molecule has 8 heteroatoms. The molecular weight excluding hydrogens is 382 g/mol. The van der Waals surface area contributed by atoms with Crippen LogP contribution in [-0.4, -0.2) is 32.3 Å². The maximum atomic E-state index is 12.7. The summed E-state index contributed by atoms with van der Waals surface area (Å²) in [5, 5.41) is 6.90. The smallest absolute Gasteiger partial charge is 0.259 e. The molecule has 0 atom stereocenters. The lowest BCUT2D eigenvalue weighted by molar-refractivity contribution is 0.102. The van der Waals surface area contributed by atoms with E-state index < -0.39 is 0 Å². The number of anilines is 1. The molecule has 30 heavy (non-hydrogen) atoms. The highest BCUT2D eigenvalue weighted by atomic mass is 16.5. The average Bonchev–Trinajstić information content (AvgIpc) is 3.31. The van der Waals surface area contributed by atoms with Crippen LogP contribution in [0.1, 0.15) is 17.3 Å². The lowest BCUT2D eigenvalue weighted by Crippen LogP contribution is -2.16. The monoisotopic (exact) mass is 401 g/mol. The second-order valence-corrected chi connectivity index (χ2v) is 6.20. The molecule has 1 amide bonds. The molecule has 0 unspecified atom stereocenters. The van der Waals surface area contributed by atoms with Crippen LogP contribution < -0.4 is 14.8 Å². The summed E-state index contributed by atoms with van der Waals surface area (Å²) in [6, 6.07) is 17.9. The van der Waals surface area contributed by atoms with Gasteiger partial charge in [-0.15, -0.1) is 0 Å². The van der Waals surface area contributed by atoms with Gasteiger partial charge in [0.05, 0.1) is 12.2 Å². The molecule has 4 aromatic rings. The van der Waals surface area contributed by atoms with Crippen LogP contribution in [0, 0.1) is 0 Å². The Balaban J connectivity index is 1.43. The normalized spacial score (nSPS) is 10.4. The zero-order valence-electron chi connectivity index (χ0n) is 16.2. The Kier molecular flexibility index (Phi) is 5.66. The summed E-state index contributed by atoms with van der Waals surface area (Å²) in [6.45, 7) is 2.56. The fraction of sp³-hybridized carbons (Fsp3) is 0.0909. The topological polar surface area (TPSA) is 91.2 Å². The van der Waals surface area contributed by atoms with Crippen molar-refractivity contribution in [1.82, 2.24) is 19.7 Å². The maximum Gasteiger partial charge on any atom is 0.259 e. The molecule has 2 aromatic carbocycles.